The third kappa shape index (κ3) is 5.81. The van der Waals surface area contributed by atoms with E-state index in [0.29, 0.717) is 12.3 Å². The molecular formula is C30H40N6. The fraction of sp³-hybridized carbons (Fsp3) is 0.533. The number of hydrogen-bond donors (Lipinski definition) is 1. The number of piperazine rings is 1. The molecule has 1 N–H and O–H groups in total. The number of amidine groups is 1. The van der Waals surface area contributed by atoms with E-state index < -0.39 is 5.41 Å². The number of nitriles is 1. The van der Waals surface area contributed by atoms with Gasteiger partial charge >= 0.3 is 0 Å². The van der Waals surface area contributed by atoms with E-state index in [2.05, 4.69) is 71.3 Å². The van der Waals surface area contributed by atoms with Gasteiger partial charge < -0.3 is 14.7 Å². The molecule has 6 heteroatoms. The summed E-state index contributed by atoms with van der Waals surface area (Å²) in [5.74, 6) is 0.646. The lowest BCUT2D eigenvalue weighted by Crippen LogP contribution is -2.44. The maximum absolute atomic E-state index is 9.51. The van der Waals surface area contributed by atoms with Crippen LogP contribution in [0.1, 0.15) is 56.7 Å². The summed E-state index contributed by atoms with van der Waals surface area (Å²) in [7, 11) is 2.18. The van der Waals surface area contributed by atoms with Crippen LogP contribution in [-0.4, -0.2) is 66.0 Å². The molecule has 0 aromatic heterocycles. The van der Waals surface area contributed by atoms with Gasteiger partial charge in [-0.3, -0.25) is 5.41 Å². The lowest BCUT2D eigenvalue weighted by Gasteiger charge is -2.36. The molecule has 0 bridgehead atoms. The number of fused-ring (bicyclic) bond motifs is 1. The number of nitrogens with zero attached hydrogens (tertiary/aromatic N) is 5. The highest BCUT2D eigenvalue weighted by atomic mass is 15.3. The van der Waals surface area contributed by atoms with Crippen LogP contribution in [0.2, 0.25) is 0 Å². The van der Waals surface area contributed by atoms with Crippen LogP contribution in [0.15, 0.2) is 53.0 Å². The molecule has 1 atom stereocenters. The third-order valence-corrected chi connectivity index (χ3v) is 7.80. The first kappa shape index (κ1) is 25.9. The lowest BCUT2D eigenvalue weighted by molar-refractivity contribution is 0.180. The van der Waals surface area contributed by atoms with E-state index in [9.17, 15) is 5.26 Å². The number of nitrogens with one attached hydrogen (secondary N) is 1. The summed E-state index contributed by atoms with van der Waals surface area (Å²) < 4.78 is 0. The van der Waals surface area contributed by atoms with E-state index in [4.69, 9.17) is 10.4 Å². The number of hydrogen-bond acceptors (Lipinski definition) is 5. The lowest BCUT2D eigenvalue weighted by atomic mass is 9.88. The van der Waals surface area contributed by atoms with Crippen molar-refractivity contribution in [3.8, 4) is 6.07 Å². The van der Waals surface area contributed by atoms with Crippen molar-refractivity contribution < 1.29 is 0 Å². The van der Waals surface area contributed by atoms with Crippen molar-refractivity contribution in [1.82, 2.24) is 14.7 Å². The number of rotatable bonds is 6. The topological polar surface area (TPSA) is 69.7 Å². The zero-order chi connectivity index (χ0) is 25.9. The molecule has 3 heterocycles. The maximum atomic E-state index is 9.51. The number of benzene rings is 1. The highest BCUT2D eigenvalue weighted by molar-refractivity contribution is 6.14. The minimum absolute atomic E-state index is 0.158. The molecule has 3 aliphatic rings. The Balaban J connectivity index is 1.62. The molecule has 6 nitrogen and oxygen atoms in total. The monoisotopic (exact) mass is 484 g/mol. The standard InChI is InChI=1S/C30H40N6/c1-6-22-17-27(35-14-12-34(5)13-15-35)18-28(33-29(22)32)24-9-8-23-10-11-36(20-25(23)16-24)26(7-2)19-30(3,4)21-31/h8-9,16,18,22,32H,2,6,10-15,17,19-20H2,1,3-5H3. The summed E-state index contributed by atoms with van der Waals surface area (Å²) in [5, 5.41) is 18.2. The largest absolute Gasteiger partial charge is 0.372 e. The van der Waals surface area contributed by atoms with Crippen molar-refractivity contribution in [2.24, 2.45) is 16.3 Å². The quantitative estimate of drug-likeness (QED) is 0.578. The molecule has 0 aliphatic carbocycles. The second-order valence-corrected chi connectivity index (χ2v) is 11.1. The van der Waals surface area contributed by atoms with E-state index >= 15 is 0 Å². The Morgan fingerprint density at radius 1 is 1.19 bits per heavy atom. The van der Waals surface area contributed by atoms with Gasteiger partial charge in [-0.05, 0) is 63.4 Å². The van der Waals surface area contributed by atoms with Gasteiger partial charge in [0.05, 0.1) is 22.9 Å². The summed E-state index contributed by atoms with van der Waals surface area (Å²) >= 11 is 0. The Kier molecular flexibility index (Phi) is 7.83. The first-order valence-corrected chi connectivity index (χ1v) is 13.2. The van der Waals surface area contributed by atoms with Gasteiger partial charge in [0.2, 0.25) is 0 Å². The van der Waals surface area contributed by atoms with Crippen LogP contribution >= 0.6 is 0 Å². The minimum atomic E-state index is -0.447. The molecule has 3 aliphatic heterocycles. The summed E-state index contributed by atoms with van der Waals surface area (Å²) in [6.45, 7) is 15.9. The number of allylic oxidation sites excluding steroid dienone is 3. The van der Waals surface area contributed by atoms with Crippen LogP contribution < -0.4 is 0 Å². The Bertz CT molecular complexity index is 1150. The highest BCUT2D eigenvalue weighted by Gasteiger charge is 2.27. The van der Waals surface area contributed by atoms with E-state index in [1.807, 2.05) is 13.8 Å². The maximum Gasteiger partial charge on any atom is 0.124 e. The fourth-order valence-corrected chi connectivity index (χ4v) is 5.31. The number of aliphatic imine (C=N–C) groups is 1. The van der Waals surface area contributed by atoms with Gasteiger partial charge in [0, 0.05) is 62.9 Å². The summed E-state index contributed by atoms with van der Waals surface area (Å²) in [6.07, 6.45) is 5.64. The second kappa shape index (κ2) is 10.9. The first-order chi connectivity index (χ1) is 17.2. The van der Waals surface area contributed by atoms with E-state index in [1.54, 1.807) is 0 Å². The molecule has 1 saturated heterocycles. The van der Waals surface area contributed by atoms with E-state index in [0.717, 1.165) is 75.5 Å². The van der Waals surface area contributed by atoms with Crippen molar-refractivity contribution in [2.75, 3.05) is 39.8 Å². The molecular weight excluding hydrogens is 444 g/mol. The van der Waals surface area contributed by atoms with Crippen molar-refractivity contribution in [3.63, 3.8) is 0 Å². The molecule has 1 fully saturated rings. The van der Waals surface area contributed by atoms with Gasteiger partial charge in [0.1, 0.15) is 5.84 Å². The molecule has 0 amide bonds. The Morgan fingerprint density at radius 2 is 1.94 bits per heavy atom. The Morgan fingerprint density at radius 3 is 2.61 bits per heavy atom. The van der Waals surface area contributed by atoms with Crippen molar-refractivity contribution in [1.29, 1.82) is 10.7 Å². The highest BCUT2D eigenvalue weighted by Crippen LogP contribution is 2.31. The van der Waals surface area contributed by atoms with Crippen molar-refractivity contribution in [3.05, 3.63) is 64.7 Å². The first-order valence-electron chi connectivity index (χ1n) is 13.2. The van der Waals surface area contributed by atoms with Crippen LogP contribution in [0.5, 0.6) is 0 Å². The van der Waals surface area contributed by atoms with Crippen LogP contribution in [0.3, 0.4) is 0 Å². The minimum Gasteiger partial charge on any atom is -0.372 e. The Labute approximate surface area is 216 Å². The fourth-order valence-electron chi connectivity index (χ4n) is 5.31. The predicted molar refractivity (Wildman–Crippen MR) is 147 cm³/mol. The molecule has 1 unspecified atom stereocenters. The molecule has 0 saturated carbocycles. The summed E-state index contributed by atoms with van der Waals surface area (Å²) in [4.78, 5) is 12.0. The molecule has 0 spiro atoms. The summed E-state index contributed by atoms with van der Waals surface area (Å²) in [6, 6.07) is 9.07. The molecule has 1 aromatic carbocycles. The SMILES string of the molecule is C=C=C(CC(C)(C)C#N)N1CCc2ccc(C3=NC(=N)C(CC)CC(N4CCN(C)CC4)=C3)cc2C1. The molecule has 0 radical (unpaired) electrons. The van der Waals surface area contributed by atoms with Gasteiger partial charge in [-0.2, -0.15) is 5.26 Å². The van der Waals surface area contributed by atoms with E-state index in [1.165, 1.54) is 16.8 Å². The smallest absolute Gasteiger partial charge is 0.124 e. The average molecular weight is 485 g/mol. The second-order valence-electron chi connectivity index (χ2n) is 11.1. The molecule has 4 rings (SSSR count). The zero-order valence-electron chi connectivity index (χ0n) is 22.4. The van der Waals surface area contributed by atoms with Gasteiger partial charge in [0.25, 0.3) is 0 Å². The normalized spacial score (nSPS) is 21.1. The molecule has 1 aromatic rings. The zero-order valence-corrected chi connectivity index (χ0v) is 22.4. The molecule has 190 valence electrons. The number of likely N-dealkylation sites (N-methyl/N-ethyl adjacent to an activating group) is 1. The van der Waals surface area contributed by atoms with Gasteiger partial charge in [-0.15, -0.1) is 5.73 Å². The third-order valence-electron chi connectivity index (χ3n) is 7.80. The molecule has 36 heavy (non-hydrogen) atoms. The van der Waals surface area contributed by atoms with Crippen LogP contribution in [-0.2, 0) is 13.0 Å². The van der Waals surface area contributed by atoms with Crippen LogP contribution in [0.4, 0.5) is 0 Å². The predicted octanol–water partition coefficient (Wildman–Crippen LogP) is 4.98. The van der Waals surface area contributed by atoms with Crippen LogP contribution in [0, 0.1) is 28.1 Å². The average Bonchev–Trinajstić information content (AvgIpc) is 3.05. The van der Waals surface area contributed by atoms with Crippen molar-refractivity contribution in [2.45, 2.75) is 53.0 Å². The van der Waals surface area contributed by atoms with E-state index in [-0.39, 0.29) is 5.92 Å². The van der Waals surface area contributed by atoms with Gasteiger partial charge in [0.15, 0.2) is 0 Å². The van der Waals surface area contributed by atoms with Crippen LogP contribution in [0.25, 0.3) is 0 Å². The Hall–Kier alpha value is -3.13. The van der Waals surface area contributed by atoms with Gasteiger partial charge in [-0.25, -0.2) is 4.99 Å². The van der Waals surface area contributed by atoms with Gasteiger partial charge in [-0.1, -0.05) is 25.6 Å². The summed E-state index contributed by atoms with van der Waals surface area (Å²) in [5.41, 5.74) is 9.60. The van der Waals surface area contributed by atoms with Crippen molar-refractivity contribution >= 4 is 11.5 Å².